The van der Waals surface area contributed by atoms with Crippen LogP contribution >= 0.6 is 0 Å². The van der Waals surface area contributed by atoms with Gasteiger partial charge >= 0.3 is 6.09 Å². The van der Waals surface area contributed by atoms with Crippen molar-refractivity contribution in [1.82, 2.24) is 0 Å². The second-order valence-electron chi connectivity index (χ2n) is 5.55. The molecule has 0 saturated carbocycles. The predicted octanol–water partition coefficient (Wildman–Crippen LogP) is 3.47. The van der Waals surface area contributed by atoms with Gasteiger partial charge in [0, 0.05) is 0 Å². The van der Waals surface area contributed by atoms with E-state index < -0.39 is 11.7 Å². The van der Waals surface area contributed by atoms with Crippen LogP contribution in [-0.2, 0) is 4.74 Å². The fraction of sp³-hybridized carbons (Fsp3) is 0.467. The highest BCUT2D eigenvalue weighted by atomic mass is 16.6. The number of aryl methyl sites for hydroxylation is 1. The monoisotopic (exact) mass is 279 g/mol. The highest BCUT2D eigenvalue weighted by Crippen LogP contribution is 2.31. The van der Waals surface area contributed by atoms with E-state index in [1.807, 2.05) is 6.92 Å². The fourth-order valence-corrected chi connectivity index (χ4v) is 1.88. The van der Waals surface area contributed by atoms with Crippen LogP contribution in [0.2, 0.25) is 0 Å². The fourth-order valence-electron chi connectivity index (χ4n) is 1.88. The molecule has 1 aromatic rings. The van der Waals surface area contributed by atoms with Gasteiger partial charge in [0.15, 0.2) is 6.29 Å². The zero-order valence-electron chi connectivity index (χ0n) is 12.8. The molecule has 0 bridgehead atoms. The molecule has 1 N–H and O–H groups in total. The Morgan fingerprint density at radius 1 is 1.30 bits per heavy atom. The van der Waals surface area contributed by atoms with E-state index in [0.717, 1.165) is 5.56 Å². The van der Waals surface area contributed by atoms with Crippen LogP contribution in [0.3, 0.4) is 0 Å². The topological polar surface area (TPSA) is 64.6 Å². The summed E-state index contributed by atoms with van der Waals surface area (Å²) < 4.78 is 10.4. The maximum absolute atomic E-state index is 11.8. The van der Waals surface area contributed by atoms with Gasteiger partial charge < -0.3 is 9.47 Å². The summed E-state index contributed by atoms with van der Waals surface area (Å²) >= 11 is 0. The quantitative estimate of drug-likeness (QED) is 0.860. The van der Waals surface area contributed by atoms with E-state index in [2.05, 4.69) is 5.32 Å². The standard InChI is InChI=1S/C15H21NO4/c1-9-7-12(19-6)11(8-17)10(2)13(9)16-14(18)20-15(3,4)5/h7-8H,1-6H3,(H,16,18). The Morgan fingerprint density at radius 3 is 2.35 bits per heavy atom. The summed E-state index contributed by atoms with van der Waals surface area (Å²) in [6.07, 6.45) is 0.166. The maximum atomic E-state index is 11.8. The predicted molar refractivity (Wildman–Crippen MR) is 77.7 cm³/mol. The summed E-state index contributed by atoms with van der Waals surface area (Å²) in [6, 6.07) is 1.71. The van der Waals surface area contributed by atoms with E-state index in [1.165, 1.54) is 7.11 Å². The largest absolute Gasteiger partial charge is 0.496 e. The molecule has 0 aromatic heterocycles. The first-order valence-electron chi connectivity index (χ1n) is 6.33. The van der Waals surface area contributed by atoms with E-state index in [-0.39, 0.29) is 0 Å². The van der Waals surface area contributed by atoms with Crippen molar-refractivity contribution in [2.24, 2.45) is 0 Å². The first kappa shape index (κ1) is 16.0. The van der Waals surface area contributed by atoms with Crippen LogP contribution in [0.5, 0.6) is 5.75 Å². The lowest BCUT2D eigenvalue weighted by molar-refractivity contribution is 0.0635. The molecule has 0 atom stereocenters. The van der Waals surface area contributed by atoms with Crippen LogP contribution in [0.4, 0.5) is 10.5 Å². The molecule has 0 spiro atoms. The number of hydrogen-bond acceptors (Lipinski definition) is 4. The van der Waals surface area contributed by atoms with Crippen LogP contribution in [0.25, 0.3) is 0 Å². The summed E-state index contributed by atoms with van der Waals surface area (Å²) in [6.45, 7) is 8.95. The van der Waals surface area contributed by atoms with Gasteiger partial charge in [-0.25, -0.2) is 4.79 Å². The third kappa shape index (κ3) is 3.73. The van der Waals surface area contributed by atoms with Crippen LogP contribution in [0, 0.1) is 13.8 Å². The van der Waals surface area contributed by atoms with Gasteiger partial charge in [0.2, 0.25) is 0 Å². The second-order valence-corrected chi connectivity index (χ2v) is 5.55. The van der Waals surface area contributed by atoms with E-state index in [1.54, 1.807) is 33.8 Å². The lowest BCUT2D eigenvalue weighted by Crippen LogP contribution is -2.27. The SMILES string of the molecule is COc1cc(C)c(NC(=O)OC(C)(C)C)c(C)c1C=O. The Labute approximate surface area is 119 Å². The van der Waals surface area contributed by atoms with E-state index in [0.29, 0.717) is 28.8 Å². The zero-order valence-corrected chi connectivity index (χ0v) is 12.8. The van der Waals surface area contributed by atoms with Crippen molar-refractivity contribution in [1.29, 1.82) is 0 Å². The van der Waals surface area contributed by atoms with Gasteiger partial charge in [-0.15, -0.1) is 0 Å². The number of rotatable bonds is 3. The van der Waals surface area contributed by atoms with Gasteiger partial charge in [0.05, 0.1) is 18.4 Å². The van der Waals surface area contributed by atoms with Gasteiger partial charge in [-0.3, -0.25) is 10.1 Å². The number of ether oxygens (including phenoxy) is 2. The van der Waals surface area contributed by atoms with Crippen molar-refractivity contribution in [2.45, 2.75) is 40.2 Å². The number of nitrogens with one attached hydrogen (secondary N) is 1. The van der Waals surface area contributed by atoms with E-state index >= 15 is 0 Å². The number of benzene rings is 1. The number of carbonyl (C=O) groups excluding carboxylic acids is 2. The Kier molecular flexibility index (Phi) is 4.76. The van der Waals surface area contributed by atoms with Gasteiger partial charge in [-0.1, -0.05) is 0 Å². The molecule has 20 heavy (non-hydrogen) atoms. The molecule has 5 nitrogen and oxygen atoms in total. The molecule has 5 heteroatoms. The van der Waals surface area contributed by atoms with Crippen molar-refractivity contribution >= 4 is 18.1 Å². The second kappa shape index (κ2) is 5.94. The molecule has 110 valence electrons. The lowest BCUT2D eigenvalue weighted by atomic mass is 10.0. The van der Waals surface area contributed by atoms with Gasteiger partial charge in [0.1, 0.15) is 11.4 Å². The van der Waals surface area contributed by atoms with Crippen molar-refractivity contribution in [2.75, 3.05) is 12.4 Å². The summed E-state index contributed by atoms with van der Waals surface area (Å²) in [7, 11) is 1.50. The van der Waals surface area contributed by atoms with Crippen molar-refractivity contribution in [3.8, 4) is 5.75 Å². The van der Waals surface area contributed by atoms with E-state index in [9.17, 15) is 9.59 Å². The van der Waals surface area contributed by atoms with Gasteiger partial charge in [-0.2, -0.15) is 0 Å². The third-order valence-electron chi connectivity index (χ3n) is 2.75. The van der Waals surface area contributed by atoms with Crippen LogP contribution in [0.1, 0.15) is 42.3 Å². The average Bonchev–Trinajstić information content (AvgIpc) is 2.31. The van der Waals surface area contributed by atoms with E-state index in [4.69, 9.17) is 9.47 Å². The number of methoxy groups -OCH3 is 1. The molecule has 0 aliphatic rings. The Balaban J connectivity index is 3.13. The summed E-state index contributed by atoms with van der Waals surface area (Å²) in [5.41, 5.74) is 1.87. The van der Waals surface area contributed by atoms with Crippen molar-refractivity contribution in [3.63, 3.8) is 0 Å². The molecule has 0 heterocycles. The average molecular weight is 279 g/mol. The van der Waals surface area contributed by atoms with Crippen molar-refractivity contribution in [3.05, 3.63) is 22.8 Å². The first-order chi connectivity index (χ1) is 9.19. The molecule has 0 fully saturated rings. The minimum atomic E-state index is -0.578. The Morgan fingerprint density at radius 2 is 1.90 bits per heavy atom. The molecular formula is C15H21NO4. The minimum absolute atomic E-state index is 0.421. The number of aldehydes is 1. The lowest BCUT2D eigenvalue weighted by Gasteiger charge is -2.21. The molecule has 1 aromatic carbocycles. The molecule has 0 aliphatic heterocycles. The number of amides is 1. The zero-order chi connectivity index (χ0) is 15.5. The van der Waals surface area contributed by atoms with Crippen LogP contribution in [-0.4, -0.2) is 25.1 Å². The summed E-state index contributed by atoms with van der Waals surface area (Å²) in [5, 5.41) is 2.69. The normalized spacial score (nSPS) is 10.9. The summed E-state index contributed by atoms with van der Waals surface area (Å²) in [4.78, 5) is 23.0. The summed E-state index contributed by atoms with van der Waals surface area (Å²) in [5.74, 6) is 0.490. The maximum Gasteiger partial charge on any atom is 0.412 e. The molecule has 1 rings (SSSR count). The molecule has 1 amide bonds. The van der Waals surface area contributed by atoms with Gasteiger partial charge in [-0.05, 0) is 51.8 Å². The Hall–Kier alpha value is -2.04. The third-order valence-corrected chi connectivity index (χ3v) is 2.75. The van der Waals surface area contributed by atoms with Crippen molar-refractivity contribution < 1.29 is 19.1 Å². The number of anilines is 1. The molecule has 0 radical (unpaired) electrons. The molecule has 0 saturated heterocycles. The molecule has 0 unspecified atom stereocenters. The Bertz CT molecular complexity index is 530. The molecule has 0 aliphatic carbocycles. The van der Waals surface area contributed by atoms with Crippen LogP contribution in [0.15, 0.2) is 6.07 Å². The first-order valence-corrected chi connectivity index (χ1v) is 6.33. The molecular weight excluding hydrogens is 258 g/mol. The highest BCUT2D eigenvalue weighted by Gasteiger charge is 2.19. The van der Waals surface area contributed by atoms with Crippen LogP contribution < -0.4 is 10.1 Å². The smallest absolute Gasteiger partial charge is 0.412 e. The highest BCUT2D eigenvalue weighted by molar-refractivity contribution is 5.92. The number of carbonyl (C=O) groups is 2. The number of hydrogen-bond donors (Lipinski definition) is 1. The van der Waals surface area contributed by atoms with Gasteiger partial charge in [0.25, 0.3) is 0 Å². The minimum Gasteiger partial charge on any atom is -0.496 e.